The van der Waals surface area contributed by atoms with Gasteiger partial charge in [0.25, 0.3) is 0 Å². The van der Waals surface area contributed by atoms with E-state index >= 15 is 0 Å². The van der Waals surface area contributed by atoms with Crippen molar-refractivity contribution in [2.24, 2.45) is 0 Å². The maximum absolute atomic E-state index is 13.1. The zero-order valence-corrected chi connectivity index (χ0v) is 36.3. The topological polar surface area (TPSA) is 0 Å². The second-order valence-corrected chi connectivity index (χ2v) is 17.2. The summed E-state index contributed by atoms with van der Waals surface area (Å²) >= 11 is 12.1. The Morgan fingerprint density at radius 3 is 0.725 bits per heavy atom. The van der Waals surface area contributed by atoms with Gasteiger partial charge in [-0.3, -0.25) is 0 Å². The molecular weight excluding hydrogens is 666 g/mol. The van der Waals surface area contributed by atoms with E-state index in [1.54, 1.807) is 12.1 Å². The minimum Gasteiger partial charge on any atom is -0.207 e. The van der Waals surface area contributed by atoms with E-state index in [4.69, 9.17) is 23.2 Å². The molecule has 0 aliphatic rings. The number of rotatable bonds is 8. The van der Waals surface area contributed by atoms with Crippen LogP contribution in [-0.4, -0.2) is 0 Å². The van der Waals surface area contributed by atoms with Crippen LogP contribution in [0.25, 0.3) is 0 Å². The van der Waals surface area contributed by atoms with Gasteiger partial charge in [0.2, 0.25) is 0 Å². The molecular formula is C48H69Cl2F. The van der Waals surface area contributed by atoms with Crippen LogP contribution in [0.3, 0.4) is 0 Å². The van der Waals surface area contributed by atoms with E-state index in [0.717, 1.165) is 21.2 Å². The van der Waals surface area contributed by atoms with Gasteiger partial charge >= 0.3 is 0 Å². The zero-order chi connectivity index (χ0) is 39.2. The first kappa shape index (κ1) is 46.4. The van der Waals surface area contributed by atoms with Crippen LogP contribution in [0, 0.1) is 5.82 Å². The highest BCUT2D eigenvalue weighted by molar-refractivity contribution is 6.31. The smallest absolute Gasteiger partial charge is 0.123 e. The predicted octanol–water partition coefficient (Wildman–Crippen LogP) is 17.2. The van der Waals surface area contributed by atoms with Crippen LogP contribution in [0.1, 0.15) is 203 Å². The Morgan fingerprint density at radius 2 is 0.510 bits per heavy atom. The fourth-order valence-electron chi connectivity index (χ4n) is 5.18. The normalized spacial score (nSPS) is 11.3. The fraction of sp³-hybridized carbons (Fsp3) is 0.500. The Hall–Kier alpha value is -2.61. The van der Waals surface area contributed by atoms with E-state index in [1.807, 2.05) is 0 Å². The van der Waals surface area contributed by atoms with Crippen molar-refractivity contribution in [3.63, 3.8) is 0 Å². The van der Waals surface area contributed by atoms with Gasteiger partial charge < -0.3 is 0 Å². The Bertz CT molecular complexity index is 1340. The van der Waals surface area contributed by atoms with Crippen LogP contribution < -0.4 is 0 Å². The van der Waals surface area contributed by atoms with E-state index in [9.17, 15) is 4.39 Å². The molecule has 0 saturated heterocycles. The molecule has 0 spiro atoms. The third kappa shape index (κ3) is 17.2. The highest BCUT2D eigenvalue weighted by Crippen LogP contribution is 2.27. The standard InChI is InChI=1S/2C12H17Cl.C12H17F.C12H18/c3*1-8(2)10-5-11(9(3)4)7-12(13)6-10;1-9(2)11-6-5-7-12(8-11)10(3)4/h3*5-9H,1-4H3;5-10H,1-4H3. The first-order valence-corrected chi connectivity index (χ1v) is 19.9. The second kappa shape index (κ2) is 22.5. The number of halogens is 3. The molecule has 282 valence electrons. The van der Waals surface area contributed by atoms with Gasteiger partial charge in [-0.15, -0.1) is 0 Å². The third-order valence-corrected chi connectivity index (χ3v) is 9.51. The molecule has 0 amide bonds. The van der Waals surface area contributed by atoms with Gasteiger partial charge in [0.05, 0.1) is 0 Å². The lowest BCUT2D eigenvalue weighted by molar-refractivity contribution is 0.618. The quantitative estimate of drug-likeness (QED) is 0.169. The van der Waals surface area contributed by atoms with E-state index < -0.39 is 0 Å². The third-order valence-electron chi connectivity index (χ3n) is 9.07. The number of hydrogen-bond acceptors (Lipinski definition) is 0. The van der Waals surface area contributed by atoms with Gasteiger partial charge in [-0.25, -0.2) is 4.39 Å². The van der Waals surface area contributed by atoms with Crippen LogP contribution in [0.5, 0.6) is 0 Å². The highest BCUT2D eigenvalue weighted by atomic mass is 35.5. The van der Waals surface area contributed by atoms with Crippen molar-refractivity contribution in [2.45, 2.75) is 158 Å². The second-order valence-electron chi connectivity index (χ2n) is 16.4. The van der Waals surface area contributed by atoms with E-state index in [-0.39, 0.29) is 5.82 Å². The van der Waals surface area contributed by atoms with Crippen LogP contribution in [-0.2, 0) is 0 Å². The Labute approximate surface area is 323 Å². The molecule has 4 rings (SSSR count). The maximum Gasteiger partial charge on any atom is 0.123 e. The van der Waals surface area contributed by atoms with Crippen molar-refractivity contribution in [3.8, 4) is 0 Å². The first-order chi connectivity index (χ1) is 23.6. The molecule has 0 saturated carbocycles. The van der Waals surface area contributed by atoms with E-state index in [1.165, 1.54) is 33.4 Å². The van der Waals surface area contributed by atoms with Gasteiger partial charge in [-0.1, -0.05) is 176 Å². The number of benzene rings is 4. The monoisotopic (exact) mass is 734 g/mol. The average Bonchev–Trinajstić information content (AvgIpc) is 3.04. The van der Waals surface area contributed by atoms with Crippen molar-refractivity contribution >= 4 is 23.2 Å². The summed E-state index contributed by atoms with van der Waals surface area (Å²) in [7, 11) is 0. The predicted molar refractivity (Wildman–Crippen MR) is 228 cm³/mol. The van der Waals surface area contributed by atoms with Crippen molar-refractivity contribution in [2.75, 3.05) is 0 Å². The summed E-state index contributed by atoms with van der Waals surface area (Å²) in [6.07, 6.45) is 0. The van der Waals surface area contributed by atoms with Crippen LogP contribution in [0.4, 0.5) is 4.39 Å². The first-order valence-electron chi connectivity index (χ1n) is 19.1. The summed E-state index contributed by atoms with van der Waals surface area (Å²) < 4.78 is 13.1. The van der Waals surface area contributed by atoms with Crippen LogP contribution >= 0.6 is 23.2 Å². The van der Waals surface area contributed by atoms with Crippen LogP contribution in [0.15, 0.2) is 78.9 Å². The molecule has 0 N–H and O–H groups in total. The van der Waals surface area contributed by atoms with Gasteiger partial charge in [-0.05, 0) is 128 Å². The molecule has 3 heteroatoms. The molecule has 0 aliphatic carbocycles. The SMILES string of the molecule is CC(C)c1cc(Cl)cc(C(C)C)c1.CC(C)c1cc(Cl)cc(C(C)C)c1.CC(C)c1cc(F)cc(C(C)C)c1.CC(C)c1cccc(C(C)C)c1. The summed E-state index contributed by atoms with van der Waals surface area (Å²) in [6, 6.07) is 26.9. The molecule has 0 aromatic heterocycles. The highest BCUT2D eigenvalue weighted by Gasteiger charge is 2.08. The Kier molecular flexibility index (Phi) is 20.4. The lowest BCUT2D eigenvalue weighted by Gasteiger charge is -2.11. The van der Waals surface area contributed by atoms with Gasteiger partial charge in [-0.2, -0.15) is 0 Å². The molecule has 0 fully saturated rings. The molecule has 0 aliphatic heterocycles. The van der Waals surface area contributed by atoms with Crippen LogP contribution in [0.2, 0.25) is 10.0 Å². The summed E-state index contributed by atoms with van der Waals surface area (Å²) in [5.74, 6) is 4.17. The largest absolute Gasteiger partial charge is 0.207 e. The average molecular weight is 736 g/mol. The van der Waals surface area contributed by atoms with Gasteiger partial charge in [0, 0.05) is 10.0 Å². The Balaban J connectivity index is 0.000000340. The van der Waals surface area contributed by atoms with Gasteiger partial charge in [0.1, 0.15) is 5.82 Å². The molecule has 0 bridgehead atoms. The summed E-state index contributed by atoms with van der Waals surface area (Å²) in [4.78, 5) is 0. The van der Waals surface area contributed by atoms with Crippen molar-refractivity contribution in [1.82, 2.24) is 0 Å². The molecule has 4 aromatic carbocycles. The lowest BCUT2D eigenvalue weighted by atomic mass is 9.96. The molecule has 0 atom stereocenters. The van der Waals surface area contributed by atoms with E-state index in [2.05, 4.69) is 178 Å². The summed E-state index contributed by atoms with van der Waals surface area (Å²) in [5.41, 5.74) is 10.4. The fourth-order valence-corrected chi connectivity index (χ4v) is 5.69. The molecule has 0 nitrogen and oxygen atoms in total. The maximum atomic E-state index is 13.1. The molecule has 0 unspecified atom stereocenters. The summed E-state index contributed by atoms with van der Waals surface area (Å²) in [6.45, 7) is 34.8. The molecule has 0 radical (unpaired) electrons. The number of hydrogen-bond donors (Lipinski definition) is 0. The van der Waals surface area contributed by atoms with Crippen molar-refractivity contribution in [1.29, 1.82) is 0 Å². The molecule has 51 heavy (non-hydrogen) atoms. The Morgan fingerprint density at radius 1 is 0.314 bits per heavy atom. The minimum atomic E-state index is -0.116. The minimum absolute atomic E-state index is 0.116. The lowest BCUT2D eigenvalue weighted by Crippen LogP contribution is -1.94. The zero-order valence-electron chi connectivity index (χ0n) is 34.8. The molecule has 4 aromatic rings. The van der Waals surface area contributed by atoms with Gasteiger partial charge in [0.15, 0.2) is 0 Å². The molecule has 0 heterocycles. The van der Waals surface area contributed by atoms with Crippen molar-refractivity contribution < 1.29 is 4.39 Å². The van der Waals surface area contributed by atoms with E-state index in [0.29, 0.717) is 47.3 Å². The van der Waals surface area contributed by atoms with Crippen molar-refractivity contribution in [3.05, 3.63) is 139 Å². The summed E-state index contributed by atoms with van der Waals surface area (Å²) in [5, 5.41) is 1.71.